The summed E-state index contributed by atoms with van der Waals surface area (Å²) in [5.74, 6) is -0.915. The first-order valence-corrected chi connectivity index (χ1v) is 21.6. The maximum Gasteiger partial charge on any atom is 0.315 e. The average Bonchev–Trinajstić information content (AvgIpc) is 4.09. The molecule has 2 aromatic rings. The molecule has 5 aliphatic rings. The number of methoxy groups -OCH3 is 1. The van der Waals surface area contributed by atoms with E-state index >= 15 is 0 Å². The van der Waals surface area contributed by atoms with Crippen molar-refractivity contribution in [2.24, 2.45) is 11.3 Å². The summed E-state index contributed by atoms with van der Waals surface area (Å²) in [6.45, 7) is 6.60. The Balaban J connectivity index is 1.28. The Labute approximate surface area is 333 Å². The van der Waals surface area contributed by atoms with Crippen molar-refractivity contribution in [3.8, 4) is 17.4 Å². The van der Waals surface area contributed by atoms with Gasteiger partial charge in [0.25, 0.3) is 5.91 Å². The Kier molecular flexibility index (Phi) is 11.5. The highest BCUT2D eigenvalue weighted by Crippen LogP contribution is 2.46. The van der Waals surface area contributed by atoms with Crippen molar-refractivity contribution in [1.29, 1.82) is 0 Å². The second-order valence-electron chi connectivity index (χ2n) is 16.6. The van der Waals surface area contributed by atoms with Gasteiger partial charge in [0.1, 0.15) is 35.2 Å². The van der Waals surface area contributed by atoms with Crippen molar-refractivity contribution in [3.05, 3.63) is 42.0 Å². The second kappa shape index (κ2) is 16.2. The number of rotatable bonds is 6. The van der Waals surface area contributed by atoms with Gasteiger partial charge >= 0.3 is 6.03 Å². The lowest BCUT2D eigenvalue weighted by Gasteiger charge is -2.30. The number of fused-ring (bicyclic) bond motifs is 4. The number of carbonyl (C=O) groups is 4. The van der Waals surface area contributed by atoms with Gasteiger partial charge in [0.15, 0.2) is 0 Å². The zero-order chi connectivity index (χ0) is 40.5. The van der Waals surface area contributed by atoms with E-state index in [1.807, 2.05) is 57.2 Å². The van der Waals surface area contributed by atoms with Crippen LogP contribution < -0.4 is 34.9 Å². The molecule has 5 amide bonds. The van der Waals surface area contributed by atoms with Crippen LogP contribution in [0.4, 0.5) is 4.79 Å². The Morgan fingerprint density at radius 2 is 1.89 bits per heavy atom. The molecule has 4 heterocycles. The highest BCUT2D eigenvalue weighted by atomic mass is 32.2. The molecule has 15 nitrogen and oxygen atoms in total. The van der Waals surface area contributed by atoms with Crippen molar-refractivity contribution in [1.82, 2.24) is 30.6 Å². The normalized spacial score (nSPS) is 29.2. The molecule has 308 valence electrons. The number of aromatic nitrogens is 1. The smallest absolute Gasteiger partial charge is 0.315 e. The van der Waals surface area contributed by atoms with Gasteiger partial charge in [-0.05, 0) is 63.4 Å². The fraction of sp³-hybridized carbons (Fsp3) is 0.585. The van der Waals surface area contributed by atoms with E-state index in [2.05, 4.69) is 20.7 Å². The zero-order valence-corrected chi connectivity index (χ0v) is 33.9. The topological polar surface area (TPSA) is 194 Å². The summed E-state index contributed by atoms with van der Waals surface area (Å²) in [5, 5.41) is 8.82. The first kappa shape index (κ1) is 40.3. The molecule has 2 aliphatic carbocycles. The maximum absolute atomic E-state index is 14.7. The number of sulfonamides is 1. The van der Waals surface area contributed by atoms with Crippen molar-refractivity contribution in [3.63, 3.8) is 0 Å². The number of hydrogen-bond donors (Lipinski definition) is 4. The molecule has 7 rings (SSSR count). The molecule has 5 atom stereocenters. The molecule has 57 heavy (non-hydrogen) atoms. The number of benzene rings is 1. The van der Waals surface area contributed by atoms with Crippen LogP contribution >= 0.6 is 0 Å². The molecule has 5 bridgehead atoms. The minimum Gasteiger partial charge on any atom is -0.496 e. The van der Waals surface area contributed by atoms with Gasteiger partial charge in [-0.1, -0.05) is 51.0 Å². The molecule has 0 radical (unpaired) electrons. The van der Waals surface area contributed by atoms with E-state index in [4.69, 9.17) is 19.2 Å². The number of amides is 5. The van der Waals surface area contributed by atoms with Crippen molar-refractivity contribution < 1.29 is 41.8 Å². The first-order valence-electron chi connectivity index (χ1n) is 20.1. The fourth-order valence-electron chi connectivity index (χ4n) is 7.98. The van der Waals surface area contributed by atoms with Crippen LogP contribution in [-0.2, 0) is 24.4 Å². The van der Waals surface area contributed by atoms with Crippen molar-refractivity contribution >= 4 is 50.8 Å². The van der Waals surface area contributed by atoms with Crippen molar-refractivity contribution in [2.75, 3.05) is 26.8 Å². The monoisotopic (exact) mass is 806 g/mol. The fourth-order valence-corrected chi connectivity index (χ4v) is 9.34. The average molecular weight is 807 g/mol. The van der Waals surface area contributed by atoms with E-state index in [0.29, 0.717) is 80.0 Å². The number of hydrogen-bond acceptors (Lipinski definition) is 10. The van der Waals surface area contributed by atoms with Crippen LogP contribution in [0.1, 0.15) is 90.5 Å². The lowest BCUT2D eigenvalue weighted by molar-refractivity contribution is -0.141. The molecular formula is C41H54N6O9S. The van der Waals surface area contributed by atoms with Gasteiger partial charge in [-0.2, -0.15) is 0 Å². The van der Waals surface area contributed by atoms with Crippen LogP contribution in [0.3, 0.4) is 0 Å². The summed E-state index contributed by atoms with van der Waals surface area (Å²) < 4.78 is 46.3. The Morgan fingerprint density at radius 3 is 2.65 bits per heavy atom. The van der Waals surface area contributed by atoms with E-state index in [1.54, 1.807) is 13.2 Å². The summed E-state index contributed by atoms with van der Waals surface area (Å²) in [7, 11) is -2.31. The van der Waals surface area contributed by atoms with Gasteiger partial charge in [0, 0.05) is 42.0 Å². The predicted molar refractivity (Wildman–Crippen MR) is 213 cm³/mol. The number of pyridine rings is 1. The number of ether oxygens (including phenoxy) is 3. The summed E-state index contributed by atoms with van der Waals surface area (Å²) in [5.41, 5.74) is -0.510. The molecule has 0 spiro atoms. The predicted octanol–water partition coefficient (Wildman–Crippen LogP) is 4.10. The third-order valence-electron chi connectivity index (χ3n) is 11.5. The molecule has 4 N–H and O–H groups in total. The molecular weight excluding hydrogens is 753 g/mol. The highest BCUT2D eigenvalue weighted by molar-refractivity contribution is 7.91. The SMILES string of the molecule is CCOc1cc2c3cc(c(OC)cc3n1)/C=C/CC(C)(C)CNC(=O)N[C@H]1CCCCC/C=C\[C@H]3C[C@@]3(C(=O)NS(=O)(=O)C3CC3)NC(=O)[C@@H]3C[C@H](CN3C1=O)O2. The molecule has 3 aliphatic heterocycles. The van der Waals surface area contributed by atoms with Crippen molar-refractivity contribution in [2.45, 2.75) is 114 Å². The van der Waals surface area contributed by atoms with Crippen LogP contribution in [0.2, 0.25) is 0 Å². The minimum atomic E-state index is -3.90. The van der Waals surface area contributed by atoms with Gasteiger partial charge in [0.2, 0.25) is 27.7 Å². The van der Waals surface area contributed by atoms with Crippen LogP contribution in [0.15, 0.2) is 36.4 Å². The summed E-state index contributed by atoms with van der Waals surface area (Å²) in [6.07, 6.45) is 12.3. The summed E-state index contributed by atoms with van der Waals surface area (Å²) in [4.78, 5) is 62.6. The van der Waals surface area contributed by atoms with Gasteiger partial charge < -0.3 is 35.1 Å². The van der Waals surface area contributed by atoms with E-state index < -0.39 is 68.7 Å². The molecule has 1 saturated heterocycles. The van der Waals surface area contributed by atoms with Crippen LogP contribution in [0.25, 0.3) is 17.0 Å². The molecule has 0 unspecified atom stereocenters. The van der Waals surface area contributed by atoms with Gasteiger partial charge in [-0.3, -0.25) is 19.1 Å². The van der Waals surface area contributed by atoms with Crippen LogP contribution in [-0.4, -0.2) is 97.8 Å². The zero-order valence-electron chi connectivity index (χ0n) is 33.1. The largest absolute Gasteiger partial charge is 0.496 e. The number of nitrogens with one attached hydrogen (secondary N) is 4. The van der Waals surface area contributed by atoms with E-state index in [0.717, 1.165) is 18.4 Å². The number of allylic oxidation sites excluding steroid dienone is 2. The number of nitrogens with zero attached hydrogens (tertiary/aromatic N) is 2. The number of urea groups is 1. The first-order chi connectivity index (χ1) is 27.2. The third-order valence-corrected chi connectivity index (χ3v) is 13.3. The quantitative estimate of drug-likeness (QED) is 0.309. The Hall–Kier alpha value is -4.86. The standard InChI is InChI=1S/C41H54N6O9S/c1-5-55-35-21-34-29-18-25(33(54-4)20-31(29)43-35)12-11-17-40(2,3)24-42-39(51)44-30-14-10-8-6-7-9-13-26-22-41(26,38(50)46-57(52,53)28-15-16-28)45-36(48)32-19-27(56-34)23-47(32)37(30)49/h9,11-13,18,20-21,26-28,30,32H,5-8,10,14-17,19,22-24H2,1-4H3,(H,45,48)(H,46,50)(H2,42,44,51)/b12-11+,13-9-/t26-,27+,30-,32-,41+/m0/s1. The third kappa shape index (κ3) is 9.00. The lowest BCUT2D eigenvalue weighted by atomic mass is 9.89. The molecule has 1 aromatic carbocycles. The highest BCUT2D eigenvalue weighted by Gasteiger charge is 2.62. The second-order valence-corrected chi connectivity index (χ2v) is 18.6. The molecule has 1 aromatic heterocycles. The van der Waals surface area contributed by atoms with Gasteiger partial charge in [-0.25, -0.2) is 18.2 Å². The van der Waals surface area contributed by atoms with Crippen LogP contribution in [0, 0.1) is 11.3 Å². The van der Waals surface area contributed by atoms with Gasteiger partial charge in [0.05, 0.1) is 31.0 Å². The maximum atomic E-state index is 14.7. The molecule has 16 heteroatoms. The molecule has 2 saturated carbocycles. The minimum absolute atomic E-state index is 0.000956. The lowest BCUT2D eigenvalue weighted by Crippen LogP contribution is -2.58. The van der Waals surface area contributed by atoms with Crippen LogP contribution in [0.5, 0.6) is 17.4 Å². The Bertz CT molecular complexity index is 2080. The number of carbonyl (C=O) groups excluding carboxylic acids is 4. The van der Waals surface area contributed by atoms with E-state index in [1.165, 1.54) is 4.90 Å². The molecule has 3 fully saturated rings. The summed E-state index contributed by atoms with van der Waals surface area (Å²) >= 11 is 0. The van der Waals surface area contributed by atoms with E-state index in [-0.39, 0.29) is 24.8 Å². The Morgan fingerprint density at radius 1 is 1.09 bits per heavy atom. The summed E-state index contributed by atoms with van der Waals surface area (Å²) in [6, 6.07) is 2.89. The van der Waals surface area contributed by atoms with Gasteiger partial charge in [-0.15, -0.1) is 0 Å². The van der Waals surface area contributed by atoms with E-state index in [9.17, 15) is 27.6 Å².